The first kappa shape index (κ1) is 16.2. The van der Waals surface area contributed by atoms with E-state index in [1.54, 1.807) is 18.2 Å². The Morgan fingerprint density at radius 1 is 1.09 bits per heavy atom. The van der Waals surface area contributed by atoms with E-state index in [1.807, 2.05) is 24.3 Å². The number of hydrazone groups is 1. The lowest BCUT2D eigenvalue weighted by Gasteiger charge is -2.04. The second-order valence-corrected chi connectivity index (χ2v) is 5.57. The lowest BCUT2D eigenvalue weighted by atomic mass is 10.2. The van der Waals surface area contributed by atoms with Crippen LogP contribution >= 0.6 is 27.5 Å². The predicted octanol–water partition coefficient (Wildman–Crippen LogP) is 3.19. The van der Waals surface area contributed by atoms with E-state index in [4.69, 9.17) is 11.6 Å². The van der Waals surface area contributed by atoms with E-state index in [1.165, 1.54) is 12.3 Å². The number of hydrogen-bond donors (Lipinski definition) is 2. The van der Waals surface area contributed by atoms with E-state index < -0.39 is 11.8 Å². The standard InChI is InChI=1S/C15H11BrClN3O2/c16-11-4-1-3-10(7-11)9-18-20-15(22)14(21)19-13-6-2-5-12(17)8-13/h1-9H,(H,19,21)(H,20,22)/b18-9-. The van der Waals surface area contributed by atoms with E-state index in [0.717, 1.165) is 10.0 Å². The molecular weight excluding hydrogens is 370 g/mol. The molecule has 0 saturated heterocycles. The van der Waals surface area contributed by atoms with Crippen molar-refractivity contribution in [1.82, 2.24) is 5.43 Å². The van der Waals surface area contributed by atoms with Crippen LogP contribution in [0.5, 0.6) is 0 Å². The molecule has 0 bridgehead atoms. The summed E-state index contributed by atoms with van der Waals surface area (Å²) in [5, 5.41) is 6.62. The van der Waals surface area contributed by atoms with Gasteiger partial charge in [0.05, 0.1) is 6.21 Å². The molecule has 0 radical (unpaired) electrons. The van der Waals surface area contributed by atoms with Crippen molar-refractivity contribution in [3.63, 3.8) is 0 Å². The fourth-order valence-electron chi connectivity index (χ4n) is 1.56. The van der Waals surface area contributed by atoms with E-state index >= 15 is 0 Å². The lowest BCUT2D eigenvalue weighted by molar-refractivity contribution is -0.136. The minimum absolute atomic E-state index is 0.434. The van der Waals surface area contributed by atoms with E-state index in [0.29, 0.717) is 10.7 Å². The van der Waals surface area contributed by atoms with Crippen LogP contribution in [-0.2, 0) is 9.59 Å². The van der Waals surface area contributed by atoms with Gasteiger partial charge in [-0.3, -0.25) is 9.59 Å². The Hall–Kier alpha value is -2.18. The second kappa shape index (κ2) is 7.72. The molecule has 0 aromatic heterocycles. The van der Waals surface area contributed by atoms with Gasteiger partial charge in [0.1, 0.15) is 0 Å². The van der Waals surface area contributed by atoms with Gasteiger partial charge in [-0.25, -0.2) is 5.43 Å². The molecule has 0 atom stereocenters. The zero-order chi connectivity index (χ0) is 15.9. The van der Waals surface area contributed by atoms with Crippen LogP contribution in [0.1, 0.15) is 5.56 Å². The summed E-state index contributed by atoms with van der Waals surface area (Å²) in [6, 6.07) is 13.8. The average Bonchev–Trinajstić information content (AvgIpc) is 2.47. The highest BCUT2D eigenvalue weighted by molar-refractivity contribution is 9.10. The van der Waals surface area contributed by atoms with Gasteiger partial charge in [-0.2, -0.15) is 5.10 Å². The molecule has 2 N–H and O–H groups in total. The molecule has 0 saturated carbocycles. The molecule has 22 heavy (non-hydrogen) atoms. The molecule has 2 aromatic carbocycles. The van der Waals surface area contributed by atoms with Crippen molar-refractivity contribution in [2.75, 3.05) is 5.32 Å². The summed E-state index contributed by atoms with van der Waals surface area (Å²) >= 11 is 9.12. The third kappa shape index (κ3) is 4.98. The monoisotopic (exact) mass is 379 g/mol. The number of carbonyl (C=O) groups is 2. The molecule has 5 nitrogen and oxygen atoms in total. The number of rotatable bonds is 3. The van der Waals surface area contributed by atoms with Crippen LogP contribution in [0.3, 0.4) is 0 Å². The number of nitrogens with one attached hydrogen (secondary N) is 2. The Morgan fingerprint density at radius 2 is 1.86 bits per heavy atom. The second-order valence-electron chi connectivity index (χ2n) is 4.22. The van der Waals surface area contributed by atoms with Crippen LogP contribution in [0, 0.1) is 0 Å². The highest BCUT2D eigenvalue weighted by Gasteiger charge is 2.12. The smallest absolute Gasteiger partial charge is 0.318 e. The van der Waals surface area contributed by atoms with Crippen LogP contribution in [-0.4, -0.2) is 18.0 Å². The normalized spacial score (nSPS) is 10.5. The molecule has 0 aliphatic carbocycles. The molecule has 0 aliphatic heterocycles. The van der Waals surface area contributed by atoms with Crippen molar-refractivity contribution >= 4 is 51.2 Å². The molecule has 0 heterocycles. The summed E-state index contributed by atoms with van der Waals surface area (Å²) in [7, 11) is 0. The van der Waals surface area contributed by atoms with Crippen molar-refractivity contribution in [3.8, 4) is 0 Å². The molecule has 2 rings (SSSR count). The molecule has 2 amide bonds. The van der Waals surface area contributed by atoms with Crippen LogP contribution < -0.4 is 10.7 Å². The molecule has 0 fully saturated rings. The highest BCUT2D eigenvalue weighted by Crippen LogP contribution is 2.14. The summed E-state index contributed by atoms with van der Waals surface area (Å²) in [5.74, 6) is -1.69. The van der Waals surface area contributed by atoms with Crippen LogP contribution in [0.4, 0.5) is 5.69 Å². The zero-order valence-corrected chi connectivity index (χ0v) is 13.6. The Labute approximate surface area is 140 Å². The van der Waals surface area contributed by atoms with Gasteiger partial charge in [0.2, 0.25) is 0 Å². The molecule has 0 spiro atoms. The summed E-state index contributed by atoms with van der Waals surface area (Å²) in [6.45, 7) is 0. The quantitative estimate of drug-likeness (QED) is 0.488. The average molecular weight is 381 g/mol. The number of anilines is 1. The number of amides is 2. The van der Waals surface area contributed by atoms with Gasteiger partial charge < -0.3 is 5.32 Å². The molecule has 112 valence electrons. The first-order valence-electron chi connectivity index (χ1n) is 6.20. The molecular formula is C15H11BrClN3O2. The Bertz CT molecular complexity index is 734. The highest BCUT2D eigenvalue weighted by atomic mass is 79.9. The molecule has 7 heteroatoms. The van der Waals surface area contributed by atoms with Crippen molar-refractivity contribution in [2.45, 2.75) is 0 Å². The predicted molar refractivity (Wildman–Crippen MR) is 90.0 cm³/mol. The molecule has 0 unspecified atom stereocenters. The Balaban J connectivity index is 1.90. The van der Waals surface area contributed by atoms with Gasteiger partial charge in [0.15, 0.2) is 0 Å². The number of halogens is 2. The zero-order valence-electron chi connectivity index (χ0n) is 11.2. The largest absolute Gasteiger partial charge is 0.329 e. The van der Waals surface area contributed by atoms with Crippen LogP contribution in [0.25, 0.3) is 0 Å². The van der Waals surface area contributed by atoms with Crippen molar-refractivity contribution < 1.29 is 9.59 Å². The van der Waals surface area contributed by atoms with Gasteiger partial charge >= 0.3 is 11.8 Å². The first-order chi connectivity index (χ1) is 10.5. The maximum absolute atomic E-state index is 11.7. The number of hydrogen-bond acceptors (Lipinski definition) is 3. The molecule has 0 aliphatic rings. The minimum atomic E-state index is -0.869. The van der Waals surface area contributed by atoms with Crippen LogP contribution in [0.2, 0.25) is 5.02 Å². The minimum Gasteiger partial charge on any atom is -0.318 e. The van der Waals surface area contributed by atoms with Crippen molar-refractivity contribution in [1.29, 1.82) is 0 Å². The maximum atomic E-state index is 11.7. The SMILES string of the molecule is O=C(N/N=C\c1cccc(Br)c1)C(=O)Nc1cccc(Cl)c1. The fourth-order valence-corrected chi connectivity index (χ4v) is 2.16. The Morgan fingerprint density at radius 3 is 2.59 bits per heavy atom. The fraction of sp³-hybridized carbons (Fsp3) is 0. The number of carbonyl (C=O) groups excluding carboxylic acids is 2. The third-order valence-corrected chi connectivity index (χ3v) is 3.25. The van der Waals surface area contributed by atoms with E-state index in [9.17, 15) is 9.59 Å². The maximum Gasteiger partial charge on any atom is 0.329 e. The number of benzene rings is 2. The van der Waals surface area contributed by atoms with Gasteiger partial charge in [0.25, 0.3) is 0 Å². The lowest BCUT2D eigenvalue weighted by Crippen LogP contribution is -2.32. The third-order valence-electron chi connectivity index (χ3n) is 2.52. The number of nitrogens with zero attached hydrogens (tertiary/aromatic N) is 1. The summed E-state index contributed by atoms with van der Waals surface area (Å²) in [5.41, 5.74) is 3.37. The first-order valence-corrected chi connectivity index (χ1v) is 7.37. The van der Waals surface area contributed by atoms with Gasteiger partial charge in [0, 0.05) is 15.2 Å². The van der Waals surface area contributed by atoms with Gasteiger partial charge in [-0.05, 0) is 35.9 Å². The van der Waals surface area contributed by atoms with Gasteiger partial charge in [-0.1, -0.05) is 45.7 Å². The topological polar surface area (TPSA) is 70.6 Å². The summed E-state index contributed by atoms with van der Waals surface area (Å²) in [4.78, 5) is 23.3. The summed E-state index contributed by atoms with van der Waals surface area (Å²) < 4.78 is 0.890. The van der Waals surface area contributed by atoms with E-state index in [2.05, 4.69) is 31.8 Å². The van der Waals surface area contributed by atoms with E-state index in [-0.39, 0.29) is 0 Å². The van der Waals surface area contributed by atoms with Crippen LogP contribution in [0.15, 0.2) is 58.1 Å². The Kier molecular flexibility index (Phi) is 5.68. The molecule has 2 aromatic rings. The van der Waals surface area contributed by atoms with Crippen molar-refractivity contribution in [2.24, 2.45) is 5.10 Å². The van der Waals surface area contributed by atoms with Gasteiger partial charge in [-0.15, -0.1) is 0 Å². The summed E-state index contributed by atoms with van der Waals surface area (Å²) in [6.07, 6.45) is 1.44. The van der Waals surface area contributed by atoms with Crippen molar-refractivity contribution in [3.05, 3.63) is 63.6 Å².